The summed E-state index contributed by atoms with van der Waals surface area (Å²) < 4.78 is 36.7. The first-order chi connectivity index (χ1) is 6.99. The molecule has 0 aliphatic carbocycles. The van der Waals surface area contributed by atoms with E-state index in [1.54, 1.807) is 6.07 Å². The van der Waals surface area contributed by atoms with Crippen LogP contribution in [0.3, 0.4) is 0 Å². The fourth-order valence-electron chi connectivity index (χ4n) is 0.999. The van der Waals surface area contributed by atoms with Crippen molar-refractivity contribution in [3.63, 3.8) is 0 Å². The first-order valence-electron chi connectivity index (χ1n) is 3.89. The second-order valence-electron chi connectivity index (χ2n) is 2.68. The molecule has 0 atom stereocenters. The number of hydrogen-bond donors (Lipinski definition) is 0. The topological polar surface area (TPSA) is 36.7 Å². The summed E-state index contributed by atoms with van der Waals surface area (Å²) in [6, 6.07) is 3.79. The summed E-state index contributed by atoms with van der Waals surface area (Å²) in [5.74, 6) is 2.03. The SMILES string of the molecule is C#Cc1nc(C(F)(F)F)ccc1CC#N. The van der Waals surface area contributed by atoms with Crippen molar-refractivity contribution < 1.29 is 13.2 Å². The van der Waals surface area contributed by atoms with Crippen LogP contribution in [-0.4, -0.2) is 4.98 Å². The Hall–Kier alpha value is -2.01. The van der Waals surface area contributed by atoms with Gasteiger partial charge in [-0.3, -0.25) is 0 Å². The van der Waals surface area contributed by atoms with Crippen molar-refractivity contribution >= 4 is 0 Å². The van der Waals surface area contributed by atoms with E-state index < -0.39 is 11.9 Å². The van der Waals surface area contributed by atoms with E-state index in [1.807, 2.05) is 5.92 Å². The van der Waals surface area contributed by atoms with E-state index in [0.717, 1.165) is 6.07 Å². The summed E-state index contributed by atoms with van der Waals surface area (Å²) in [5, 5.41) is 8.40. The summed E-state index contributed by atoms with van der Waals surface area (Å²) in [5.41, 5.74) is -0.850. The molecular formula is C10H5F3N2. The quantitative estimate of drug-likeness (QED) is 0.666. The minimum Gasteiger partial charge on any atom is -0.235 e. The highest BCUT2D eigenvalue weighted by atomic mass is 19.4. The molecule has 15 heavy (non-hydrogen) atoms. The monoisotopic (exact) mass is 210 g/mol. The molecule has 0 aliphatic heterocycles. The van der Waals surface area contributed by atoms with E-state index in [9.17, 15) is 13.2 Å². The zero-order valence-corrected chi connectivity index (χ0v) is 7.47. The Bertz CT molecular complexity index is 449. The fourth-order valence-corrected chi connectivity index (χ4v) is 0.999. The molecule has 5 heteroatoms. The highest BCUT2D eigenvalue weighted by Crippen LogP contribution is 2.28. The normalized spacial score (nSPS) is 10.5. The van der Waals surface area contributed by atoms with Crippen molar-refractivity contribution in [2.75, 3.05) is 0 Å². The molecule has 0 aromatic carbocycles. The Labute approximate surface area is 84.4 Å². The van der Waals surface area contributed by atoms with Crippen LogP contribution in [0.1, 0.15) is 17.0 Å². The number of nitrogens with zero attached hydrogens (tertiary/aromatic N) is 2. The van der Waals surface area contributed by atoms with Crippen LogP contribution in [0.25, 0.3) is 0 Å². The van der Waals surface area contributed by atoms with Crippen LogP contribution in [-0.2, 0) is 12.6 Å². The minimum atomic E-state index is -4.52. The zero-order chi connectivity index (χ0) is 11.5. The number of pyridine rings is 1. The predicted octanol–water partition coefficient (Wildman–Crippen LogP) is 2.15. The van der Waals surface area contributed by atoms with Crippen molar-refractivity contribution in [3.8, 4) is 18.4 Å². The van der Waals surface area contributed by atoms with Crippen molar-refractivity contribution in [3.05, 3.63) is 29.1 Å². The van der Waals surface area contributed by atoms with Crippen LogP contribution in [0.4, 0.5) is 13.2 Å². The van der Waals surface area contributed by atoms with Gasteiger partial charge in [-0.25, -0.2) is 4.98 Å². The van der Waals surface area contributed by atoms with Gasteiger partial charge in [0, 0.05) is 5.56 Å². The summed E-state index contributed by atoms with van der Waals surface area (Å²) in [6.07, 6.45) is 0.436. The Morgan fingerprint density at radius 2 is 2.07 bits per heavy atom. The molecular weight excluding hydrogens is 205 g/mol. The molecule has 0 bridgehead atoms. The van der Waals surface area contributed by atoms with Crippen molar-refractivity contribution in [1.29, 1.82) is 5.26 Å². The lowest BCUT2D eigenvalue weighted by atomic mass is 10.1. The van der Waals surface area contributed by atoms with Gasteiger partial charge in [-0.1, -0.05) is 6.07 Å². The number of alkyl halides is 3. The minimum absolute atomic E-state index is 0.0509. The molecule has 0 unspecified atom stereocenters. The second kappa shape index (κ2) is 4.02. The average Bonchev–Trinajstić information content (AvgIpc) is 2.17. The third-order valence-electron chi connectivity index (χ3n) is 1.68. The standard InChI is InChI=1S/C10H5F3N2/c1-2-8-7(5-6-14)3-4-9(15-8)10(11,12)13/h1,3-4H,5H2. The number of aromatic nitrogens is 1. The van der Waals surface area contributed by atoms with Crippen molar-refractivity contribution in [2.24, 2.45) is 0 Å². The van der Waals surface area contributed by atoms with Crippen LogP contribution in [0.15, 0.2) is 12.1 Å². The molecule has 2 nitrogen and oxygen atoms in total. The first kappa shape index (κ1) is 11.1. The Morgan fingerprint density at radius 3 is 2.53 bits per heavy atom. The lowest BCUT2D eigenvalue weighted by Crippen LogP contribution is -2.09. The molecule has 0 fully saturated rings. The highest BCUT2D eigenvalue weighted by molar-refractivity contribution is 5.37. The second-order valence-corrected chi connectivity index (χ2v) is 2.68. The molecule has 0 N–H and O–H groups in total. The number of rotatable bonds is 1. The fraction of sp³-hybridized carbons (Fsp3) is 0.200. The van der Waals surface area contributed by atoms with Gasteiger partial charge in [-0.15, -0.1) is 6.42 Å². The van der Waals surface area contributed by atoms with Crippen LogP contribution in [0, 0.1) is 23.7 Å². The maximum atomic E-state index is 12.2. The highest BCUT2D eigenvalue weighted by Gasteiger charge is 2.32. The van der Waals surface area contributed by atoms with Crippen LogP contribution < -0.4 is 0 Å². The maximum Gasteiger partial charge on any atom is 0.433 e. The van der Waals surface area contributed by atoms with Gasteiger partial charge < -0.3 is 0 Å². The number of hydrogen-bond acceptors (Lipinski definition) is 2. The Balaban J connectivity index is 3.22. The van der Waals surface area contributed by atoms with E-state index >= 15 is 0 Å². The van der Waals surface area contributed by atoms with Gasteiger partial charge in [0.25, 0.3) is 0 Å². The zero-order valence-electron chi connectivity index (χ0n) is 7.47. The smallest absolute Gasteiger partial charge is 0.235 e. The van der Waals surface area contributed by atoms with E-state index in [1.165, 1.54) is 6.07 Å². The molecule has 76 valence electrons. The Morgan fingerprint density at radius 1 is 1.40 bits per heavy atom. The van der Waals surface area contributed by atoms with E-state index in [2.05, 4.69) is 4.98 Å². The van der Waals surface area contributed by atoms with Gasteiger partial charge in [0.05, 0.1) is 12.5 Å². The Kier molecular flexibility index (Phi) is 2.96. The predicted molar refractivity (Wildman–Crippen MR) is 46.5 cm³/mol. The van der Waals surface area contributed by atoms with Crippen LogP contribution in [0.2, 0.25) is 0 Å². The molecule has 0 saturated heterocycles. The summed E-state index contributed by atoms with van der Waals surface area (Å²) in [6.45, 7) is 0. The molecule has 1 rings (SSSR count). The number of terminal acetylenes is 1. The first-order valence-corrected chi connectivity index (χ1v) is 3.89. The van der Waals surface area contributed by atoms with Crippen molar-refractivity contribution in [1.82, 2.24) is 4.98 Å². The van der Waals surface area contributed by atoms with Crippen molar-refractivity contribution in [2.45, 2.75) is 12.6 Å². The lowest BCUT2D eigenvalue weighted by molar-refractivity contribution is -0.141. The molecule has 1 heterocycles. The van der Waals surface area contributed by atoms with Crippen LogP contribution >= 0.6 is 0 Å². The van der Waals surface area contributed by atoms with Crippen LogP contribution in [0.5, 0.6) is 0 Å². The van der Waals surface area contributed by atoms with Gasteiger partial charge in [-0.2, -0.15) is 18.4 Å². The molecule has 0 saturated carbocycles. The summed E-state index contributed by atoms with van der Waals surface area (Å²) in [4.78, 5) is 3.27. The molecule has 0 radical (unpaired) electrons. The molecule has 0 spiro atoms. The average molecular weight is 210 g/mol. The summed E-state index contributed by atoms with van der Waals surface area (Å²) >= 11 is 0. The van der Waals surface area contributed by atoms with E-state index in [4.69, 9.17) is 11.7 Å². The largest absolute Gasteiger partial charge is 0.433 e. The molecule has 0 aliphatic rings. The lowest BCUT2D eigenvalue weighted by Gasteiger charge is -2.07. The van der Waals surface area contributed by atoms with Gasteiger partial charge in [0.15, 0.2) is 0 Å². The maximum absolute atomic E-state index is 12.2. The molecule has 1 aromatic rings. The number of nitriles is 1. The summed E-state index contributed by atoms with van der Waals surface area (Å²) in [7, 11) is 0. The molecule has 0 amide bonds. The molecule has 1 aromatic heterocycles. The van der Waals surface area contributed by atoms with Gasteiger partial charge >= 0.3 is 6.18 Å². The van der Waals surface area contributed by atoms with Gasteiger partial charge in [0.1, 0.15) is 11.4 Å². The van der Waals surface area contributed by atoms with E-state index in [-0.39, 0.29) is 12.1 Å². The van der Waals surface area contributed by atoms with E-state index in [0.29, 0.717) is 5.56 Å². The third-order valence-corrected chi connectivity index (χ3v) is 1.68. The van der Waals surface area contributed by atoms with Gasteiger partial charge in [0.2, 0.25) is 0 Å². The third kappa shape index (κ3) is 2.47. The number of halogens is 3. The van der Waals surface area contributed by atoms with Gasteiger partial charge in [-0.05, 0) is 12.0 Å².